The summed E-state index contributed by atoms with van der Waals surface area (Å²) in [5.74, 6) is -3.65. The second kappa shape index (κ2) is 7.38. The number of hydrogen-bond acceptors (Lipinski definition) is 7. The van der Waals surface area contributed by atoms with E-state index in [1.807, 2.05) is 0 Å². The third-order valence-electron chi connectivity index (χ3n) is 7.62. The highest BCUT2D eigenvalue weighted by Crippen LogP contribution is 2.59. The van der Waals surface area contributed by atoms with Gasteiger partial charge in [-0.05, 0) is 13.3 Å². The van der Waals surface area contributed by atoms with E-state index in [1.165, 1.54) is 0 Å². The Hall–Kier alpha value is -3.74. The van der Waals surface area contributed by atoms with E-state index in [-0.39, 0.29) is 23.2 Å². The lowest BCUT2D eigenvalue weighted by atomic mass is 9.78. The number of esters is 3. The summed E-state index contributed by atoms with van der Waals surface area (Å²) < 4.78 is 17.2. The minimum Gasteiger partial charge on any atom is -0.458 e. The molecule has 1 heterocycles. The van der Waals surface area contributed by atoms with Gasteiger partial charge in [0.15, 0.2) is 11.9 Å². The van der Waals surface area contributed by atoms with Crippen LogP contribution < -0.4 is 0 Å². The van der Waals surface area contributed by atoms with E-state index in [9.17, 15) is 19.2 Å². The van der Waals surface area contributed by atoms with E-state index in [1.54, 1.807) is 55.5 Å². The molecule has 3 fully saturated rings. The molecule has 34 heavy (non-hydrogen) atoms. The highest BCUT2D eigenvalue weighted by Gasteiger charge is 2.70. The third-order valence-corrected chi connectivity index (χ3v) is 7.62. The smallest absolute Gasteiger partial charge is 0.333 e. The van der Waals surface area contributed by atoms with Crippen molar-refractivity contribution in [3.8, 4) is 0 Å². The van der Waals surface area contributed by atoms with Crippen LogP contribution in [0.3, 0.4) is 0 Å². The van der Waals surface area contributed by atoms with Crippen molar-refractivity contribution in [1.82, 2.24) is 0 Å². The SMILES string of the molecule is C=C(C)C(=O)OC1C2CC3C1OC(=O)C3C2C(=O)OC1c2ccccc2C(=O)c2ccccc21. The Kier molecular flexibility index (Phi) is 4.52. The van der Waals surface area contributed by atoms with Crippen LogP contribution in [0.1, 0.15) is 46.5 Å². The summed E-state index contributed by atoms with van der Waals surface area (Å²) >= 11 is 0. The van der Waals surface area contributed by atoms with Gasteiger partial charge in [-0.15, -0.1) is 0 Å². The minimum atomic E-state index is -0.781. The molecule has 0 radical (unpaired) electrons. The second-order valence-electron chi connectivity index (χ2n) is 9.49. The predicted molar refractivity (Wildman–Crippen MR) is 117 cm³/mol. The van der Waals surface area contributed by atoms with Crippen LogP contribution >= 0.6 is 0 Å². The summed E-state index contributed by atoms with van der Waals surface area (Å²) in [4.78, 5) is 51.5. The average Bonchev–Trinajstić information content (AvgIpc) is 3.45. The molecule has 7 nitrogen and oxygen atoms in total. The molecule has 172 valence electrons. The zero-order valence-electron chi connectivity index (χ0n) is 18.4. The topological polar surface area (TPSA) is 96.0 Å². The van der Waals surface area contributed by atoms with Crippen LogP contribution in [0.4, 0.5) is 0 Å². The summed E-state index contributed by atoms with van der Waals surface area (Å²) in [6.07, 6.45) is -1.47. The first kappa shape index (κ1) is 20.8. The van der Waals surface area contributed by atoms with Crippen LogP contribution in [-0.4, -0.2) is 35.9 Å². The molecule has 6 unspecified atom stereocenters. The minimum absolute atomic E-state index is 0.118. The maximum atomic E-state index is 13.6. The van der Waals surface area contributed by atoms with E-state index >= 15 is 0 Å². The zero-order valence-corrected chi connectivity index (χ0v) is 18.4. The summed E-state index contributed by atoms with van der Waals surface area (Å²) in [6, 6.07) is 14.1. The monoisotopic (exact) mass is 458 g/mol. The molecule has 2 bridgehead atoms. The van der Waals surface area contributed by atoms with Gasteiger partial charge in [0, 0.05) is 39.7 Å². The van der Waals surface area contributed by atoms with Gasteiger partial charge in [-0.1, -0.05) is 55.1 Å². The van der Waals surface area contributed by atoms with Crippen molar-refractivity contribution in [3.05, 3.63) is 82.9 Å². The fraction of sp³-hybridized carbons (Fsp3) is 0.333. The molecule has 6 rings (SSSR count). The first-order valence-corrected chi connectivity index (χ1v) is 11.4. The Morgan fingerprint density at radius 3 is 2.18 bits per heavy atom. The van der Waals surface area contributed by atoms with Crippen LogP contribution in [0.5, 0.6) is 0 Å². The fourth-order valence-electron chi connectivity index (χ4n) is 6.19. The first-order chi connectivity index (χ1) is 16.4. The van der Waals surface area contributed by atoms with Crippen LogP contribution in [-0.2, 0) is 28.6 Å². The van der Waals surface area contributed by atoms with Gasteiger partial charge in [0.1, 0.15) is 12.2 Å². The van der Waals surface area contributed by atoms with Gasteiger partial charge in [0.25, 0.3) is 0 Å². The van der Waals surface area contributed by atoms with Gasteiger partial charge < -0.3 is 14.2 Å². The van der Waals surface area contributed by atoms with Crippen molar-refractivity contribution in [3.63, 3.8) is 0 Å². The molecular weight excluding hydrogens is 436 g/mol. The molecule has 3 aliphatic carbocycles. The quantitative estimate of drug-likeness (QED) is 0.395. The van der Waals surface area contributed by atoms with Gasteiger partial charge in [-0.25, -0.2) is 4.79 Å². The molecule has 0 N–H and O–H groups in total. The van der Waals surface area contributed by atoms with Crippen LogP contribution in [0, 0.1) is 23.7 Å². The maximum absolute atomic E-state index is 13.6. The van der Waals surface area contributed by atoms with E-state index in [4.69, 9.17) is 14.2 Å². The van der Waals surface area contributed by atoms with Crippen molar-refractivity contribution in [2.45, 2.75) is 31.7 Å². The van der Waals surface area contributed by atoms with Crippen LogP contribution in [0.15, 0.2) is 60.7 Å². The number of carbonyl (C=O) groups excluding carboxylic acids is 4. The maximum Gasteiger partial charge on any atom is 0.333 e. The van der Waals surface area contributed by atoms with Crippen molar-refractivity contribution in [2.75, 3.05) is 0 Å². The molecule has 1 aliphatic heterocycles. The lowest BCUT2D eigenvalue weighted by Crippen LogP contribution is -2.44. The molecule has 2 saturated carbocycles. The van der Waals surface area contributed by atoms with E-state index in [0.29, 0.717) is 28.7 Å². The van der Waals surface area contributed by atoms with Crippen molar-refractivity contribution in [1.29, 1.82) is 0 Å². The largest absolute Gasteiger partial charge is 0.458 e. The Bertz CT molecular complexity index is 1230. The fourth-order valence-corrected chi connectivity index (χ4v) is 6.19. The molecule has 0 aromatic heterocycles. The van der Waals surface area contributed by atoms with Gasteiger partial charge in [0.2, 0.25) is 0 Å². The van der Waals surface area contributed by atoms with E-state index in [0.717, 1.165) is 0 Å². The molecule has 4 aliphatic rings. The van der Waals surface area contributed by atoms with Crippen molar-refractivity contribution in [2.24, 2.45) is 23.7 Å². The molecule has 1 saturated heterocycles. The van der Waals surface area contributed by atoms with Crippen LogP contribution in [0.25, 0.3) is 0 Å². The average molecular weight is 458 g/mol. The highest BCUT2D eigenvalue weighted by molar-refractivity contribution is 6.12. The molecular formula is C27H22O7. The van der Waals surface area contributed by atoms with E-state index in [2.05, 4.69) is 6.58 Å². The Morgan fingerprint density at radius 1 is 0.941 bits per heavy atom. The third kappa shape index (κ3) is 2.82. The Labute approximate surface area is 195 Å². The van der Waals surface area contributed by atoms with Crippen molar-refractivity contribution < 1.29 is 33.4 Å². The Balaban J connectivity index is 1.34. The van der Waals surface area contributed by atoms with Gasteiger partial charge in [-0.3, -0.25) is 14.4 Å². The summed E-state index contributed by atoms with van der Waals surface area (Å²) in [5.41, 5.74) is 2.43. The zero-order chi connectivity index (χ0) is 23.7. The standard InChI is InChI=1S/C27H22O7/c1-12(2)25(29)33-23-17-11-18-20(27(31)34-24(18)23)19(17)26(30)32-22-15-9-5-3-7-13(15)21(28)14-8-4-6-10-16(14)22/h3-10,17-20,22-24H,1,11H2,2H3. The summed E-state index contributed by atoms with van der Waals surface area (Å²) in [6.45, 7) is 5.16. The molecule has 7 heteroatoms. The first-order valence-electron chi connectivity index (χ1n) is 11.4. The number of fused-ring (bicyclic) bond motifs is 3. The lowest BCUT2D eigenvalue weighted by molar-refractivity contribution is -0.165. The predicted octanol–water partition coefficient (Wildman–Crippen LogP) is 3.16. The number of ketones is 1. The Morgan fingerprint density at radius 2 is 1.56 bits per heavy atom. The number of hydrogen-bond donors (Lipinski definition) is 0. The van der Waals surface area contributed by atoms with Crippen LogP contribution in [0.2, 0.25) is 0 Å². The molecule has 2 aromatic carbocycles. The van der Waals surface area contributed by atoms with E-state index < -0.39 is 48.1 Å². The normalized spacial score (nSPS) is 30.4. The molecule has 2 aromatic rings. The summed E-state index contributed by atoms with van der Waals surface area (Å²) in [5, 5.41) is 0. The highest BCUT2D eigenvalue weighted by atomic mass is 16.6. The molecule has 6 atom stereocenters. The number of rotatable bonds is 4. The van der Waals surface area contributed by atoms with Gasteiger partial charge >= 0.3 is 17.9 Å². The summed E-state index contributed by atoms with van der Waals surface area (Å²) in [7, 11) is 0. The van der Waals surface area contributed by atoms with Gasteiger partial charge in [-0.2, -0.15) is 0 Å². The second-order valence-corrected chi connectivity index (χ2v) is 9.49. The molecule has 0 amide bonds. The number of carbonyl (C=O) groups is 4. The number of benzene rings is 2. The number of ether oxygens (including phenoxy) is 3. The van der Waals surface area contributed by atoms with Gasteiger partial charge in [0.05, 0.1) is 11.8 Å². The van der Waals surface area contributed by atoms with Crippen molar-refractivity contribution >= 4 is 23.7 Å². The lowest BCUT2D eigenvalue weighted by Gasteiger charge is -2.32. The molecule has 0 spiro atoms.